The molecule has 20 heavy (non-hydrogen) atoms. The minimum absolute atomic E-state index is 0.107. The Morgan fingerprint density at radius 2 is 1.35 bits per heavy atom. The second kappa shape index (κ2) is 5.05. The topological polar surface area (TPSA) is 73.2 Å². The molecule has 0 spiro atoms. The summed E-state index contributed by atoms with van der Waals surface area (Å²) >= 11 is 0. The smallest absolute Gasteiger partial charge is 0.268 e. The van der Waals surface area contributed by atoms with Crippen LogP contribution in [0.15, 0.2) is 35.2 Å². The molecule has 0 radical (unpaired) electrons. The molecule has 0 bridgehead atoms. The minimum atomic E-state index is -3.82. The van der Waals surface area contributed by atoms with Gasteiger partial charge in [0, 0.05) is 22.5 Å². The molecule has 5 nitrogen and oxygen atoms in total. The Morgan fingerprint density at radius 3 is 1.75 bits per heavy atom. The first-order chi connectivity index (χ1) is 9.45. The van der Waals surface area contributed by atoms with E-state index in [4.69, 9.17) is 0 Å². The highest BCUT2D eigenvalue weighted by Gasteiger charge is 2.26. The number of hydrogen-bond donors (Lipinski definition) is 0. The summed E-state index contributed by atoms with van der Waals surface area (Å²) in [6, 6.07) is 7.87. The van der Waals surface area contributed by atoms with Crippen molar-refractivity contribution >= 4 is 22.6 Å². The van der Waals surface area contributed by atoms with E-state index in [1.807, 2.05) is 0 Å². The molecule has 1 aromatic carbocycles. The summed E-state index contributed by atoms with van der Waals surface area (Å²) < 4.78 is 26.2. The average molecular weight is 291 g/mol. The first-order valence-electron chi connectivity index (χ1n) is 5.88. The van der Waals surface area contributed by atoms with Crippen molar-refractivity contribution in [1.29, 1.82) is 0 Å². The Balaban J connectivity index is 2.80. The quantitative estimate of drug-likeness (QED) is 0.807. The summed E-state index contributed by atoms with van der Waals surface area (Å²) in [5.41, 5.74) is 0.695. The van der Waals surface area contributed by atoms with Crippen LogP contribution in [0.5, 0.6) is 0 Å². The number of carbonyl (C=O) groups excluding carboxylic acids is 2. The van der Waals surface area contributed by atoms with Crippen molar-refractivity contribution in [2.45, 2.75) is 18.7 Å². The van der Waals surface area contributed by atoms with Gasteiger partial charge in [0.2, 0.25) is 0 Å². The van der Waals surface area contributed by atoms with E-state index in [0.29, 0.717) is 12.6 Å². The van der Waals surface area contributed by atoms with E-state index in [-0.39, 0.29) is 27.4 Å². The Kier molecular flexibility index (Phi) is 3.59. The summed E-state index contributed by atoms with van der Waals surface area (Å²) in [4.78, 5) is 22.2. The maximum absolute atomic E-state index is 12.6. The van der Waals surface area contributed by atoms with E-state index in [2.05, 4.69) is 0 Å². The van der Waals surface area contributed by atoms with Crippen LogP contribution in [0.4, 0.5) is 0 Å². The first-order valence-corrected chi connectivity index (χ1v) is 7.32. The predicted octanol–water partition coefficient (Wildman–Crippen LogP) is 1.97. The number of hydrogen-bond acceptors (Lipinski definition) is 4. The number of rotatable bonds is 4. The zero-order valence-corrected chi connectivity index (χ0v) is 11.8. The molecule has 0 atom stereocenters. The van der Waals surface area contributed by atoms with Gasteiger partial charge in [-0.15, -0.1) is 0 Å². The molecule has 0 aliphatic heterocycles. The van der Waals surface area contributed by atoms with Gasteiger partial charge in [-0.25, -0.2) is 12.4 Å². The highest BCUT2D eigenvalue weighted by atomic mass is 32.2. The molecule has 0 saturated carbocycles. The standard InChI is InChI=1S/C14H13NO4S/c1-10-13(8-16)14(9-17)11(2)15(10)20(18,19)12-6-4-3-5-7-12/h3-9H,1-2H3. The molecule has 0 amide bonds. The van der Waals surface area contributed by atoms with Gasteiger partial charge >= 0.3 is 0 Å². The Morgan fingerprint density at radius 1 is 0.900 bits per heavy atom. The van der Waals surface area contributed by atoms with E-state index in [0.717, 1.165) is 3.97 Å². The molecule has 0 aliphatic carbocycles. The molecule has 0 unspecified atom stereocenters. The van der Waals surface area contributed by atoms with Crippen molar-refractivity contribution in [1.82, 2.24) is 3.97 Å². The van der Waals surface area contributed by atoms with Crippen LogP contribution in [-0.2, 0) is 10.0 Å². The lowest BCUT2D eigenvalue weighted by molar-refractivity contribution is 0.109. The van der Waals surface area contributed by atoms with Gasteiger partial charge in [0.15, 0.2) is 12.6 Å². The fourth-order valence-corrected chi connectivity index (χ4v) is 3.85. The number of aromatic nitrogens is 1. The third-order valence-electron chi connectivity index (χ3n) is 3.20. The van der Waals surface area contributed by atoms with Gasteiger partial charge in [-0.2, -0.15) is 0 Å². The van der Waals surface area contributed by atoms with Gasteiger partial charge in [0.25, 0.3) is 10.0 Å². The van der Waals surface area contributed by atoms with Crippen LogP contribution < -0.4 is 0 Å². The molecule has 104 valence electrons. The summed E-state index contributed by atoms with van der Waals surface area (Å²) in [7, 11) is -3.82. The van der Waals surface area contributed by atoms with Crippen LogP contribution in [0, 0.1) is 13.8 Å². The van der Waals surface area contributed by atoms with Crippen LogP contribution in [0.25, 0.3) is 0 Å². The van der Waals surface area contributed by atoms with Gasteiger partial charge in [0.05, 0.1) is 4.90 Å². The molecule has 0 aliphatic rings. The van der Waals surface area contributed by atoms with E-state index >= 15 is 0 Å². The highest BCUT2D eigenvalue weighted by Crippen LogP contribution is 2.25. The van der Waals surface area contributed by atoms with Crippen LogP contribution >= 0.6 is 0 Å². The summed E-state index contributed by atoms with van der Waals surface area (Å²) in [6.07, 6.45) is 1.01. The molecule has 1 heterocycles. The fourth-order valence-electron chi connectivity index (χ4n) is 2.22. The summed E-state index contributed by atoms with van der Waals surface area (Å²) in [5.74, 6) is 0. The van der Waals surface area contributed by atoms with Crippen LogP contribution in [0.1, 0.15) is 32.1 Å². The van der Waals surface area contributed by atoms with Crippen molar-refractivity contribution in [2.24, 2.45) is 0 Å². The lowest BCUT2D eigenvalue weighted by Crippen LogP contribution is -2.16. The molecule has 0 fully saturated rings. The van der Waals surface area contributed by atoms with E-state index < -0.39 is 10.0 Å². The van der Waals surface area contributed by atoms with Gasteiger partial charge in [-0.1, -0.05) is 18.2 Å². The molecule has 0 N–H and O–H groups in total. The minimum Gasteiger partial charge on any atom is -0.298 e. The highest BCUT2D eigenvalue weighted by molar-refractivity contribution is 7.90. The number of aldehydes is 2. The third-order valence-corrected chi connectivity index (χ3v) is 5.09. The van der Waals surface area contributed by atoms with Crippen LogP contribution in [0.2, 0.25) is 0 Å². The lowest BCUT2D eigenvalue weighted by Gasteiger charge is -2.10. The number of nitrogens with zero attached hydrogens (tertiary/aromatic N) is 1. The Hall–Kier alpha value is -2.21. The second-order valence-corrected chi connectivity index (χ2v) is 6.10. The second-order valence-electron chi connectivity index (χ2n) is 4.32. The molecule has 2 rings (SSSR count). The molecule has 6 heteroatoms. The first kappa shape index (κ1) is 14.2. The predicted molar refractivity (Wildman–Crippen MR) is 73.7 cm³/mol. The average Bonchev–Trinajstić information content (AvgIpc) is 2.70. The van der Waals surface area contributed by atoms with Crippen LogP contribution in [-0.4, -0.2) is 25.0 Å². The fraction of sp³-hybridized carbons (Fsp3) is 0.143. The molecule has 1 aromatic heterocycles. The summed E-state index contributed by atoms with van der Waals surface area (Å²) in [6.45, 7) is 3.01. The zero-order valence-electron chi connectivity index (χ0n) is 11.0. The molecule has 2 aromatic rings. The maximum atomic E-state index is 12.6. The number of benzene rings is 1. The van der Waals surface area contributed by atoms with Crippen molar-refractivity contribution in [2.75, 3.05) is 0 Å². The van der Waals surface area contributed by atoms with Gasteiger partial charge in [-0.3, -0.25) is 9.59 Å². The van der Waals surface area contributed by atoms with Gasteiger partial charge in [0.1, 0.15) is 0 Å². The van der Waals surface area contributed by atoms with E-state index in [1.54, 1.807) is 18.2 Å². The molecule has 0 saturated heterocycles. The van der Waals surface area contributed by atoms with Crippen molar-refractivity contribution < 1.29 is 18.0 Å². The largest absolute Gasteiger partial charge is 0.298 e. The molecular weight excluding hydrogens is 278 g/mol. The zero-order chi connectivity index (χ0) is 14.9. The monoisotopic (exact) mass is 291 g/mol. The SMILES string of the molecule is Cc1c(C=O)c(C=O)c(C)n1S(=O)(=O)c1ccccc1. The Bertz CT molecular complexity index is 742. The van der Waals surface area contributed by atoms with Crippen LogP contribution in [0.3, 0.4) is 0 Å². The van der Waals surface area contributed by atoms with E-state index in [1.165, 1.54) is 26.0 Å². The lowest BCUT2D eigenvalue weighted by atomic mass is 10.1. The van der Waals surface area contributed by atoms with Crippen molar-refractivity contribution in [3.63, 3.8) is 0 Å². The van der Waals surface area contributed by atoms with E-state index in [9.17, 15) is 18.0 Å². The van der Waals surface area contributed by atoms with Crippen molar-refractivity contribution in [3.05, 3.63) is 52.8 Å². The van der Waals surface area contributed by atoms with Crippen molar-refractivity contribution in [3.8, 4) is 0 Å². The normalized spacial score (nSPS) is 11.3. The van der Waals surface area contributed by atoms with Gasteiger partial charge in [-0.05, 0) is 26.0 Å². The third kappa shape index (κ3) is 1.98. The maximum Gasteiger partial charge on any atom is 0.268 e. The Labute approximate surface area is 116 Å². The number of carbonyl (C=O) groups is 2. The summed E-state index contributed by atoms with van der Waals surface area (Å²) in [5, 5.41) is 0. The van der Waals surface area contributed by atoms with Gasteiger partial charge < -0.3 is 0 Å². The molecular formula is C14H13NO4S.